The summed E-state index contributed by atoms with van der Waals surface area (Å²) in [7, 11) is -0.414. The van der Waals surface area contributed by atoms with Crippen molar-refractivity contribution in [1.82, 2.24) is 4.31 Å². The molecule has 1 heterocycles. The van der Waals surface area contributed by atoms with E-state index in [2.05, 4.69) is 11.8 Å². The summed E-state index contributed by atoms with van der Waals surface area (Å²) >= 11 is 0. The number of sulfonamides is 1. The third kappa shape index (κ3) is 3.14. The minimum absolute atomic E-state index is 0.221. The molecule has 0 amide bonds. The first-order valence-electron chi connectivity index (χ1n) is 7.04. The van der Waals surface area contributed by atoms with E-state index in [1.807, 2.05) is 0 Å². The fraction of sp³-hybridized carbons (Fsp3) is 0.571. The maximum Gasteiger partial charge on any atom is 0.242 e. The molecule has 1 atom stereocenters. The van der Waals surface area contributed by atoms with E-state index in [4.69, 9.17) is 10.5 Å². The predicted octanol–water partition coefficient (Wildman–Crippen LogP) is 1.13. The van der Waals surface area contributed by atoms with Crippen LogP contribution < -0.4 is 10.6 Å². The van der Waals surface area contributed by atoms with Crippen molar-refractivity contribution in [2.45, 2.75) is 24.3 Å². The first kappa shape index (κ1) is 16.1. The lowest BCUT2D eigenvalue weighted by Crippen LogP contribution is -2.45. The van der Waals surface area contributed by atoms with E-state index in [0.29, 0.717) is 25.4 Å². The first-order chi connectivity index (χ1) is 9.87. The van der Waals surface area contributed by atoms with Crippen molar-refractivity contribution in [3.05, 3.63) is 18.2 Å². The molecule has 7 heteroatoms. The molecule has 1 saturated heterocycles. The molecule has 0 aliphatic carbocycles. The highest BCUT2D eigenvalue weighted by molar-refractivity contribution is 7.89. The molecule has 1 aromatic rings. The van der Waals surface area contributed by atoms with Crippen molar-refractivity contribution >= 4 is 21.4 Å². The SMILES string of the molecule is CCC1COCCN1c1cc(S(=O)(=O)N(C)C)ccc1N. The number of nitrogens with zero attached hydrogens (tertiary/aromatic N) is 2. The zero-order chi connectivity index (χ0) is 15.6. The quantitative estimate of drug-likeness (QED) is 0.844. The summed E-state index contributed by atoms with van der Waals surface area (Å²) in [6.07, 6.45) is 0.921. The van der Waals surface area contributed by atoms with Crippen LogP contribution in [0.1, 0.15) is 13.3 Å². The number of benzene rings is 1. The van der Waals surface area contributed by atoms with Gasteiger partial charge in [0.25, 0.3) is 0 Å². The normalized spacial score (nSPS) is 20.0. The van der Waals surface area contributed by atoms with Gasteiger partial charge in [-0.05, 0) is 24.6 Å². The lowest BCUT2D eigenvalue weighted by molar-refractivity contribution is 0.0930. The van der Waals surface area contributed by atoms with E-state index in [0.717, 1.165) is 12.1 Å². The summed E-state index contributed by atoms with van der Waals surface area (Å²) < 4.78 is 31.2. The van der Waals surface area contributed by atoms with Crippen molar-refractivity contribution in [3.63, 3.8) is 0 Å². The van der Waals surface area contributed by atoms with E-state index in [-0.39, 0.29) is 10.9 Å². The molecule has 0 spiro atoms. The maximum atomic E-state index is 12.3. The third-order valence-corrected chi connectivity index (χ3v) is 5.60. The van der Waals surface area contributed by atoms with Crippen molar-refractivity contribution in [2.75, 3.05) is 44.5 Å². The Kier molecular flexibility index (Phi) is 4.75. The maximum absolute atomic E-state index is 12.3. The van der Waals surface area contributed by atoms with Gasteiger partial charge in [-0.1, -0.05) is 6.92 Å². The van der Waals surface area contributed by atoms with Crippen LogP contribution in [-0.4, -0.2) is 52.6 Å². The van der Waals surface area contributed by atoms with Gasteiger partial charge in [-0.3, -0.25) is 0 Å². The third-order valence-electron chi connectivity index (χ3n) is 3.79. The molecule has 2 N–H and O–H groups in total. The minimum Gasteiger partial charge on any atom is -0.397 e. The summed E-state index contributed by atoms with van der Waals surface area (Å²) in [6, 6.07) is 5.10. The van der Waals surface area contributed by atoms with Gasteiger partial charge in [-0.2, -0.15) is 0 Å². The molecule has 6 nitrogen and oxygen atoms in total. The number of hydrogen-bond donors (Lipinski definition) is 1. The number of nitrogens with two attached hydrogens (primary N) is 1. The highest BCUT2D eigenvalue weighted by atomic mass is 32.2. The highest BCUT2D eigenvalue weighted by Crippen LogP contribution is 2.30. The molecule has 0 bridgehead atoms. The Bertz CT molecular complexity index is 601. The smallest absolute Gasteiger partial charge is 0.242 e. The second-order valence-corrected chi connectivity index (χ2v) is 7.49. The van der Waals surface area contributed by atoms with Crippen LogP contribution in [0.15, 0.2) is 23.1 Å². The van der Waals surface area contributed by atoms with Gasteiger partial charge >= 0.3 is 0 Å². The molecular formula is C14H23N3O3S. The molecule has 1 aromatic carbocycles. The summed E-state index contributed by atoms with van der Waals surface area (Å²) in [5.74, 6) is 0. The number of morpholine rings is 1. The molecule has 21 heavy (non-hydrogen) atoms. The van der Waals surface area contributed by atoms with Crippen molar-refractivity contribution in [2.24, 2.45) is 0 Å². The van der Waals surface area contributed by atoms with E-state index < -0.39 is 10.0 Å². The van der Waals surface area contributed by atoms with E-state index >= 15 is 0 Å². The van der Waals surface area contributed by atoms with Gasteiger partial charge in [0.2, 0.25) is 10.0 Å². The number of hydrogen-bond acceptors (Lipinski definition) is 5. The fourth-order valence-corrected chi connectivity index (χ4v) is 3.38. The van der Waals surface area contributed by atoms with Crippen LogP contribution in [0.3, 0.4) is 0 Å². The van der Waals surface area contributed by atoms with Gasteiger partial charge in [0.1, 0.15) is 0 Å². The number of ether oxygens (including phenoxy) is 1. The molecule has 0 aromatic heterocycles. The zero-order valence-corrected chi connectivity index (χ0v) is 13.6. The van der Waals surface area contributed by atoms with E-state index in [1.54, 1.807) is 18.2 Å². The van der Waals surface area contributed by atoms with Gasteiger partial charge in [0, 0.05) is 20.6 Å². The Hall–Kier alpha value is -1.31. The Labute approximate surface area is 126 Å². The molecular weight excluding hydrogens is 290 g/mol. The van der Waals surface area contributed by atoms with Crippen LogP contribution in [0.2, 0.25) is 0 Å². The minimum atomic E-state index is -3.46. The average molecular weight is 313 g/mol. The lowest BCUT2D eigenvalue weighted by Gasteiger charge is -2.37. The Morgan fingerprint density at radius 1 is 1.43 bits per heavy atom. The molecule has 1 fully saturated rings. The summed E-state index contributed by atoms with van der Waals surface area (Å²) in [5, 5.41) is 0. The second-order valence-electron chi connectivity index (χ2n) is 5.34. The van der Waals surface area contributed by atoms with E-state index in [9.17, 15) is 8.42 Å². The summed E-state index contributed by atoms with van der Waals surface area (Å²) in [4.78, 5) is 2.41. The number of anilines is 2. The first-order valence-corrected chi connectivity index (χ1v) is 8.48. The van der Waals surface area contributed by atoms with Crippen LogP contribution in [0.4, 0.5) is 11.4 Å². The molecule has 1 aliphatic heterocycles. The van der Waals surface area contributed by atoms with Crippen LogP contribution in [0.25, 0.3) is 0 Å². The zero-order valence-electron chi connectivity index (χ0n) is 12.7. The summed E-state index contributed by atoms with van der Waals surface area (Å²) in [6.45, 7) is 4.07. The molecule has 2 rings (SSSR count). The van der Waals surface area contributed by atoms with Crippen LogP contribution in [0.5, 0.6) is 0 Å². The average Bonchev–Trinajstić information content (AvgIpc) is 2.47. The molecule has 0 saturated carbocycles. The van der Waals surface area contributed by atoms with Crippen LogP contribution >= 0.6 is 0 Å². The molecule has 1 aliphatic rings. The molecule has 118 valence electrons. The van der Waals surface area contributed by atoms with Gasteiger partial charge in [-0.25, -0.2) is 12.7 Å². The molecule has 0 radical (unpaired) electrons. The van der Waals surface area contributed by atoms with Crippen molar-refractivity contribution in [3.8, 4) is 0 Å². The Morgan fingerprint density at radius 2 is 2.14 bits per heavy atom. The Morgan fingerprint density at radius 3 is 2.76 bits per heavy atom. The number of rotatable bonds is 4. The van der Waals surface area contributed by atoms with Gasteiger partial charge < -0.3 is 15.4 Å². The highest BCUT2D eigenvalue weighted by Gasteiger charge is 2.25. The van der Waals surface area contributed by atoms with Crippen molar-refractivity contribution < 1.29 is 13.2 Å². The summed E-state index contributed by atoms with van der Waals surface area (Å²) in [5.41, 5.74) is 7.43. The van der Waals surface area contributed by atoms with Crippen LogP contribution in [-0.2, 0) is 14.8 Å². The van der Waals surface area contributed by atoms with E-state index in [1.165, 1.54) is 18.4 Å². The monoisotopic (exact) mass is 313 g/mol. The lowest BCUT2D eigenvalue weighted by atomic mass is 10.1. The number of nitrogen functional groups attached to an aromatic ring is 1. The topological polar surface area (TPSA) is 75.9 Å². The van der Waals surface area contributed by atoms with Crippen LogP contribution in [0, 0.1) is 0 Å². The standard InChI is InChI=1S/C14H23N3O3S/c1-4-11-10-20-8-7-17(11)14-9-12(5-6-13(14)15)21(18,19)16(2)3/h5-6,9,11H,4,7-8,10,15H2,1-3H3. The van der Waals surface area contributed by atoms with Gasteiger partial charge in [0.15, 0.2) is 0 Å². The largest absolute Gasteiger partial charge is 0.397 e. The predicted molar refractivity (Wildman–Crippen MR) is 84.0 cm³/mol. The second kappa shape index (κ2) is 6.21. The van der Waals surface area contributed by atoms with Gasteiger partial charge in [0.05, 0.1) is 35.5 Å². The fourth-order valence-electron chi connectivity index (χ4n) is 2.45. The Balaban J connectivity index is 2.44. The molecule has 1 unspecified atom stereocenters. The van der Waals surface area contributed by atoms with Crippen molar-refractivity contribution in [1.29, 1.82) is 0 Å². The van der Waals surface area contributed by atoms with Gasteiger partial charge in [-0.15, -0.1) is 0 Å².